The average molecular weight is 173 g/mol. The summed E-state index contributed by atoms with van der Waals surface area (Å²) in [6, 6.07) is 0.387. The van der Waals surface area contributed by atoms with Gasteiger partial charge in [0.25, 0.3) is 0 Å². The number of aromatic nitrogens is 4. The molecule has 1 N–H and O–H groups in total. The zero-order chi connectivity index (χ0) is 8.43. The van der Waals surface area contributed by atoms with Crippen molar-refractivity contribution in [3.8, 4) is 0 Å². The van der Waals surface area contributed by atoms with Crippen LogP contribution in [0.25, 0.3) is 0 Å². The minimum atomic E-state index is 0.387. The molecule has 0 aromatic carbocycles. The quantitative estimate of drug-likeness (QED) is 0.529. The van der Waals surface area contributed by atoms with E-state index in [1.165, 1.54) is 0 Å². The molecule has 1 atom stereocenters. The molecule has 1 unspecified atom stereocenters. The summed E-state index contributed by atoms with van der Waals surface area (Å²) in [6.45, 7) is 4.21. The van der Waals surface area contributed by atoms with Gasteiger partial charge in [-0.3, -0.25) is 0 Å². The van der Waals surface area contributed by atoms with Crippen molar-refractivity contribution in [3.63, 3.8) is 0 Å². The fourth-order valence-corrected chi connectivity index (χ4v) is 0.877. The number of nitrogens with zero attached hydrogens (tertiary/aromatic N) is 3. The maximum absolute atomic E-state index is 4.94. The summed E-state index contributed by atoms with van der Waals surface area (Å²) >= 11 is 4.94. The van der Waals surface area contributed by atoms with Gasteiger partial charge in [-0.15, -0.1) is 4.68 Å². The third kappa shape index (κ3) is 1.65. The van der Waals surface area contributed by atoms with Crippen LogP contribution >= 0.6 is 12.2 Å². The molecule has 0 saturated carbocycles. The fourth-order valence-electron chi connectivity index (χ4n) is 0.748. The molecule has 1 heterocycles. The highest BCUT2D eigenvalue weighted by Crippen LogP contribution is 1.95. The fraction of sp³-hybridized carbons (Fsp3) is 0.833. The van der Waals surface area contributed by atoms with Gasteiger partial charge in [-0.05, 0) is 30.7 Å². The molecule has 62 valence electrons. The lowest BCUT2D eigenvalue weighted by Gasteiger charge is -1.97. The van der Waals surface area contributed by atoms with Crippen LogP contribution in [0.4, 0.5) is 0 Å². The first-order valence-corrected chi connectivity index (χ1v) is 4.10. The lowest BCUT2D eigenvalue weighted by atomic mass is 10.3. The van der Waals surface area contributed by atoms with Crippen LogP contribution in [0.2, 0.25) is 0 Å². The van der Waals surface area contributed by atoms with Gasteiger partial charge in [0, 0.05) is 0 Å². The van der Waals surface area contributed by atoms with E-state index in [0.717, 1.165) is 6.42 Å². The van der Waals surface area contributed by atoms with Gasteiger partial charge in [0.05, 0.1) is 0 Å². The van der Waals surface area contributed by atoms with Crippen LogP contribution in [0, 0.1) is 4.77 Å². The lowest BCUT2D eigenvalue weighted by Crippen LogP contribution is -2.43. The molecule has 1 aromatic heterocycles. The molecule has 1 aromatic rings. The van der Waals surface area contributed by atoms with Crippen LogP contribution in [0.1, 0.15) is 26.3 Å². The second kappa shape index (κ2) is 3.13. The number of rotatable bonds is 2. The molecule has 0 aliphatic carbocycles. The van der Waals surface area contributed by atoms with E-state index < -0.39 is 0 Å². The average Bonchev–Trinajstić information content (AvgIpc) is 2.31. The molecule has 0 aliphatic heterocycles. The van der Waals surface area contributed by atoms with Crippen molar-refractivity contribution in [3.05, 3.63) is 4.77 Å². The number of H-pyrrole nitrogens is 1. The predicted octanol–water partition coefficient (Wildman–Crippen LogP) is 0.736. The first-order chi connectivity index (χ1) is 5.15. The van der Waals surface area contributed by atoms with Gasteiger partial charge >= 0.3 is 4.77 Å². The molecule has 0 radical (unpaired) electrons. The summed E-state index contributed by atoms with van der Waals surface area (Å²) < 4.78 is 2.31. The Morgan fingerprint density at radius 1 is 1.82 bits per heavy atom. The van der Waals surface area contributed by atoms with Gasteiger partial charge in [0.1, 0.15) is 13.1 Å². The lowest BCUT2D eigenvalue weighted by molar-refractivity contribution is -0.825. The van der Waals surface area contributed by atoms with Crippen molar-refractivity contribution in [1.82, 2.24) is 15.0 Å². The Morgan fingerprint density at radius 3 is 2.82 bits per heavy atom. The highest BCUT2D eigenvalue weighted by atomic mass is 32.1. The SMILES string of the molecule is CCC(C)[n+]1nc(=S)n(C)[nH]1. The summed E-state index contributed by atoms with van der Waals surface area (Å²) in [5.74, 6) is 0. The van der Waals surface area contributed by atoms with E-state index in [1.54, 1.807) is 9.48 Å². The Morgan fingerprint density at radius 2 is 2.45 bits per heavy atom. The van der Waals surface area contributed by atoms with Gasteiger partial charge in [-0.1, -0.05) is 16.9 Å². The highest BCUT2D eigenvalue weighted by Gasteiger charge is 2.10. The predicted molar refractivity (Wildman–Crippen MR) is 43.6 cm³/mol. The Labute approximate surface area is 70.8 Å². The topological polar surface area (TPSA) is 37.5 Å². The summed E-state index contributed by atoms with van der Waals surface area (Å²) in [4.78, 5) is 1.78. The van der Waals surface area contributed by atoms with Crippen LogP contribution in [0.3, 0.4) is 0 Å². The van der Waals surface area contributed by atoms with E-state index in [4.69, 9.17) is 12.2 Å². The normalized spacial score (nSPS) is 13.4. The van der Waals surface area contributed by atoms with Crippen LogP contribution in [-0.4, -0.2) is 15.0 Å². The highest BCUT2D eigenvalue weighted by molar-refractivity contribution is 7.71. The number of hydrogen-bond donors (Lipinski definition) is 1. The van der Waals surface area contributed by atoms with E-state index >= 15 is 0 Å². The zero-order valence-electron chi connectivity index (χ0n) is 7.03. The molecule has 4 nitrogen and oxygen atoms in total. The van der Waals surface area contributed by atoms with Crippen molar-refractivity contribution in [2.45, 2.75) is 26.3 Å². The molecule has 5 heteroatoms. The van der Waals surface area contributed by atoms with Crippen LogP contribution in [0.5, 0.6) is 0 Å². The van der Waals surface area contributed by atoms with Crippen LogP contribution in [-0.2, 0) is 7.05 Å². The van der Waals surface area contributed by atoms with Gasteiger partial charge in [-0.25, -0.2) is 0 Å². The molecule has 0 fully saturated rings. The third-order valence-electron chi connectivity index (χ3n) is 1.74. The summed E-state index contributed by atoms with van der Waals surface area (Å²) in [5.41, 5.74) is 0. The molecule has 0 spiro atoms. The van der Waals surface area contributed by atoms with Gasteiger partial charge in [0.15, 0.2) is 0 Å². The Kier molecular flexibility index (Phi) is 2.38. The van der Waals surface area contributed by atoms with E-state index in [9.17, 15) is 0 Å². The van der Waals surface area contributed by atoms with Crippen LogP contribution < -0.4 is 4.80 Å². The number of tetrazole rings is 1. The Hall–Kier alpha value is -0.710. The van der Waals surface area contributed by atoms with Gasteiger partial charge < -0.3 is 0 Å². The van der Waals surface area contributed by atoms with Crippen molar-refractivity contribution < 1.29 is 4.80 Å². The molecule has 0 saturated heterocycles. The molecular weight excluding hydrogens is 160 g/mol. The molecule has 0 bridgehead atoms. The van der Waals surface area contributed by atoms with Crippen molar-refractivity contribution >= 4 is 12.2 Å². The summed E-state index contributed by atoms with van der Waals surface area (Å²) in [5, 5.41) is 7.13. The Balaban J connectivity index is 2.97. The smallest absolute Gasteiger partial charge is 0.134 e. The molecular formula is C6H13N4S+. The third-order valence-corrected chi connectivity index (χ3v) is 2.10. The minimum Gasteiger partial charge on any atom is -0.134 e. The molecule has 0 aliphatic rings. The summed E-state index contributed by atoms with van der Waals surface area (Å²) in [7, 11) is 1.86. The van der Waals surface area contributed by atoms with Crippen LogP contribution in [0.15, 0.2) is 0 Å². The summed E-state index contributed by atoms with van der Waals surface area (Å²) in [6.07, 6.45) is 1.05. The second-order valence-corrected chi connectivity index (χ2v) is 3.01. The van der Waals surface area contributed by atoms with Crippen molar-refractivity contribution in [2.24, 2.45) is 7.05 Å². The molecule has 0 amide bonds. The molecule has 11 heavy (non-hydrogen) atoms. The first-order valence-electron chi connectivity index (χ1n) is 3.70. The molecule has 1 rings (SSSR count). The largest absolute Gasteiger partial charge is 0.346 e. The second-order valence-electron chi connectivity index (χ2n) is 2.64. The standard InChI is InChI=1S/C6H12N4S/c1-4-5(2)10-7-6(11)9(3)8-10/h5H,4H2,1-3H3/p+1. The van der Waals surface area contributed by atoms with E-state index in [0.29, 0.717) is 10.8 Å². The maximum atomic E-state index is 4.94. The first kappa shape index (κ1) is 8.39. The van der Waals surface area contributed by atoms with E-state index in [2.05, 4.69) is 24.2 Å². The Bertz CT molecular complexity index is 287. The number of aryl methyl sites for hydroxylation is 1. The van der Waals surface area contributed by atoms with Gasteiger partial charge in [-0.2, -0.15) is 0 Å². The minimum absolute atomic E-state index is 0.387. The number of hydrogen-bond acceptors (Lipinski definition) is 2. The van der Waals surface area contributed by atoms with E-state index in [-0.39, 0.29) is 0 Å². The van der Waals surface area contributed by atoms with Gasteiger partial charge in [0.2, 0.25) is 0 Å². The number of aromatic amines is 1. The maximum Gasteiger partial charge on any atom is 0.346 e. The van der Waals surface area contributed by atoms with E-state index in [1.807, 2.05) is 7.05 Å². The monoisotopic (exact) mass is 173 g/mol. The van der Waals surface area contributed by atoms with Crippen molar-refractivity contribution in [1.29, 1.82) is 0 Å². The zero-order valence-corrected chi connectivity index (χ0v) is 7.85. The van der Waals surface area contributed by atoms with Crippen molar-refractivity contribution in [2.75, 3.05) is 0 Å². The number of nitrogens with one attached hydrogen (secondary N) is 1.